The topological polar surface area (TPSA) is 45.5 Å². The number of amides is 1. The van der Waals surface area contributed by atoms with Crippen molar-refractivity contribution in [1.82, 2.24) is 10.2 Å². The smallest absolute Gasteiger partial charge is 0.290 e. The lowest BCUT2D eigenvalue weighted by molar-refractivity contribution is 0.0657. The van der Waals surface area contributed by atoms with Gasteiger partial charge in [0.05, 0.1) is 10.7 Å². The van der Waals surface area contributed by atoms with Gasteiger partial charge in [-0.15, -0.1) is 0 Å². The molecule has 1 aliphatic rings. The highest BCUT2D eigenvalue weighted by molar-refractivity contribution is 9.10. The summed E-state index contributed by atoms with van der Waals surface area (Å²) in [6.07, 6.45) is 3.65. The number of carbonyl (C=O) groups is 1. The summed E-state index contributed by atoms with van der Waals surface area (Å²) in [5.74, 6) is 1.09. The Kier molecular flexibility index (Phi) is 4.23. The van der Waals surface area contributed by atoms with Crippen LogP contribution in [0.5, 0.6) is 0 Å². The van der Waals surface area contributed by atoms with Crippen LogP contribution < -0.4 is 5.32 Å². The Labute approximate surface area is 109 Å². The van der Waals surface area contributed by atoms with Gasteiger partial charge >= 0.3 is 0 Å². The van der Waals surface area contributed by atoms with Gasteiger partial charge in [-0.25, -0.2) is 0 Å². The maximum absolute atomic E-state index is 12.1. The van der Waals surface area contributed by atoms with Crippen molar-refractivity contribution in [2.45, 2.75) is 12.8 Å². The third-order valence-corrected chi connectivity index (χ3v) is 3.83. The zero-order valence-corrected chi connectivity index (χ0v) is 11.5. The molecule has 1 N–H and O–H groups in total. The lowest BCUT2D eigenvalue weighted by Crippen LogP contribution is -2.40. The molecule has 0 atom stereocenters. The van der Waals surface area contributed by atoms with E-state index in [1.54, 1.807) is 6.07 Å². The average molecular weight is 301 g/mol. The molecule has 2 heterocycles. The minimum Gasteiger partial charge on any atom is -0.458 e. The standard InChI is InChI=1S/C12H17BrN2O2/c1-14-8-9-2-5-15(6-3-9)12(16)11-10(13)4-7-17-11/h4,7,9,14H,2-3,5-6,8H2,1H3. The lowest BCUT2D eigenvalue weighted by Gasteiger charge is -2.31. The molecule has 94 valence electrons. The van der Waals surface area contributed by atoms with Gasteiger partial charge in [0.1, 0.15) is 0 Å². The molecule has 0 aliphatic carbocycles. The lowest BCUT2D eigenvalue weighted by atomic mass is 9.97. The third kappa shape index (κ3) is 2.90. The Morgan fingerprint density at radius 2 is 2.29 bits per heavy atom. The molecule has 4 nitrogen and oxygen atoms in total. The Morgan fingerprint density at radius 3 is 2.82 bits per heavy atom. The van der Waals surface area contributed by atoms with Crippen molar-refractivity contribution < 1.29 is 9.21 Å². The number of furan rings is 1. The van der Waals surface area contributed by atoms with E-state index in [0.717, 1.165) is 36.9 Å². The average Bonchev–Trinajstić information content (AvgIpc) is 2.76. The minimum absolute atomic E-state index is 0.00946. The summed E-state index contributed by atoms with van der Waals surface area (Å²) in [5.41, 5.74) is 0. The van der Waals surface area contributed by atoms with Crippen LogP contribution in [0.3, 0.4) is 0 Å². The Morgan fingerprint density at radius 1 is 1.59 bits per heavy atom. The molecule has 1 aliphatic heterocycles. The number of nitrogens with zero attached hydrogens (tertiary/aromatic N) is 1. The second kappa shape index (κ2) is 5.69. The Hall–Kier alpha value is -0.810. The van der Waals surface area contributed by atoms with Crippen molar-refractivity contribution in [3.8, 4) is 0 Å². The van der Waals surface area contributed by atoms with Crippen molar-refractivity contribution in [1.29, 1.82) is 0 Å². The predicted octanol–water partition coefficient (Wildman–Crippen LogP) is 2.11. The number of likely N-dealkylation sites (tertiary alicyclic amines) is 1. The first-order valence-electron chi connectivity index (χ1n) is 5.89. The monoisotopic (exact) mass is 300 g/mol. The van der Waals surface area contributed by atoms with Gasteiger partial charge in [0, 0.05) is 13.1 Å². The minimum atomic E-state index is -0.00946. The summed E-state index contributed by atoms with van der Waals surface area (Å²) in [6, 6.07) is 1.75. The van der Waals surface area contributed by atoms with Crippen LogP contribution in [-0.4, -0.2) is 37.5 Å². The number of halogens is 1. The van der Waals surface area contributed by atoms with E-state index in [0.29, 0.717) is 11.7 Å². The van der Waals surface area contributed by atoms with E-state index in [1.165, 1.54) is 6.26 Å². The molecule has 0 bridgehead atoms. The summed E-state index contributed by atoms with van der Waals surface area (Å²) in [6.45, 7) is 2.67. The van der Waals surface area contributed by atoms with Gasteiger partial charge in [-0.1, -0.05) is 0 Å². The predicted molar refractivity (Wildman–Crippen MR) is 69.0 cm³/mol. The highest BCUT2D eigenvalue weighted by Crippen LogP contribution is 2.23. The molecule has 1 amide bonds. The first-order chi connectivity index (χ1) is 8.22. The summed E-state index contributed by atoms with van der Waals surface area (Å²) in [5, 5.41) is 3.19. The van der Waals surface area contributed by atoms with E-state index in [1.807, 2.05) is 11.9 Å². The van der Waals surface area contributed by atoms with Crippen molar-refractivity contribution in [2.75, 3.05) is 26.7 Å². The first-order valence-corrected chi connectivity index (χ1v) is 6.68. The molecule has 1 aromatic heterocycles. The molecule has 5 heteroatoms. The van der Waals surface area contributed by atoms with E-state index in [-0.39, 0.29) is 5.91 Å². The Balaban J connectivity index is 1.93. The second-order valence-electron chi connectivity index (χ2n) is 4.39. The largest absolute Gasteiger partial charge is 0.458 e. The first kappa shape index (κ1) is 12.6. The van der Waals surface area contributed by atoms with Gasteiger partial charge in [0.25, 0.3) is 5.91 Å². The fourth-order valence-corrected chi connectivity index (χ4v) is 2.59. The molecule has 0 aromatic carbocycles. The quantitative estimate of drug-likeness (QED) is 0.930. The molecular weight excluding hydrogens is 284 g/mol. The van der Waals surface area contributed by atoms with Crippen molar-refractivity contribution >= 4 is 21.8 Å². The second-order valence-corrected chi connectivity index (χ2v) is 5.25. The maximum atomic E-state index is 12.1. The zero-order chi connectivity index (χ0) is 12.3. The number of piperidine rings is 1. The van der Waals surface area contributed by atoms with Crippen LogP contribution in [0.4, 0.5) is 0 Å². The van der Waals surface area contributed by atoms with Crippen LogP contribution >= 0.6 is 15.9 Å². The maximum Gasteiger partial charge on any atom is 0.290 e. The summed E-state index contributed by atoms with van der Waals surface area (Å²) < 4.78 is 5.94. The number of carbonyl (C=O) groups excluding carboxylic acids is 1. The number of hydrogen-bond donors (Lipinski definition) is 1. The Bertz CT molecular complexity index is 384. The van der Waals surface area contributed by atoms with Crippen molar-refractivity contribution in [2.24, 2.45) is 5.92 Å². The molecular formula is C12H17BrN2O2. The van der Waals surface area contributed by atoms with E-state index in [9.17, 15) is 4.79 Å². The van der Waals surface area contributed by atoms with E-state index < -0.39 is 0 Å². The zero-order valence-electron chi connectivity index (χ0n) is 9.91. The van der Waals surface area contributed by atoms with E-state index >= 15 is 0 Å². The van der Waals surface area contributed by atoms with Gasteiger partial charge in [-0.05, 0) is 54.3 Å². The molecule has 0 radical (unpaired) electrons. The summed E-state index contributed by atoms with van der Waals surface area (Å²) in [7, 11) is 1.97. The highest BCUT2D eigenvalue weighted by Gasteiger charge is 2.26. The van der Waals surface area contributed by atoms with Crippen LogP contribution in [0, 0.1) is 5.92 Å². The highest BCUT2D eigenvalue weighted by atomic mass is 79.9. The molecule has 0 unspecified atom stereocenters. The van der Waals surface area contributed by atoms with Gasteiger partial charge in [0.2, 0.25) is 5.76 Å². The number of hydrogen-bond acceptors (Lipinski definition) is 3. The van der Waals surface area contributed by atoms with Crippen LogP contribution in [0.15, 0.2) is 21.2 Å². The molecule has 1 saturated heterocycles. The number of nitrogens with one attached hydrogen (secondary N) is 1. The van der Waals surface area contributed by atoms with Crippen LogP contribution in [0.1, 0.15) is 23.4 Å². The van der Waals surface area contributed by atoms with Crippen molar-refractivity contribution in [3.05, 3.63) is 22.6 Å². The molecule has 17 heavy (non-hydrogen) atoms. The number of rotatable bonds is 3. The van der Waals surface area contributed by atoms with Gasteiger partial charge in [0.15, 0.2) is 0 Å². The molecule has 1 aromatic rings. The summed E-state index contributed by atoms with van der Waals surface area (Å²) >= 11 is 3.32. The van der Waals surface area contributed by atoms with Gasteiger partial charge in [-0.2, -0.15) is 0 Å². The van der Waals surface area contributed by atoms with Crippen molar-refractivity contribution in [3.63, 3.8) is 0 Å². The normalized spacial score (nSPS) is 17.4. The van der Waals surface area contributed by atoms with Gasteiger partial charge in [-0.3, -0.25) is 4.79 Å². The molecule has 2 rings (SSSR count). The van der Waals surface area contributed by atoms with Gasteiger partial charge < -0.3 is 14.6 Å². The molecule has 0 spiro atoms. The SMILES string of the molecule is CNCC1CCN(C(=O)c2occc2Br)CC1. The molecule has 0 saturated carbocycles. The fraction of sp³-hybridized carbons (Fsp3) is 0.583. The summed E-state index contributed by atoms with van der Waals surface area (Å²) in [4.78, 5) is 14.0. The van der Waals surface area contributed by atoms with Crippen LogP contribution in [-0.2, 0) is 0 Å². The van der Waals surface area contributed by atoms with E-state index in [2.05, 4.69) is 21.2 Å². The molecule has 1 fully saturated rings. The van der Waals surface area contributed by atoms with E-state index in [4.69, 9.17) is 4.42 Å². The third-order valence-electron chi connectivity index (χ3n) is 3.21. The van der Waals surface area contributed by atoms with Crippen LogP contribution in [0.2, 0.25) is 0 Å². The fourth-order valence-electron chi connectivity index (χ4n) is 2.22. The van der Waals surface area contributed by atoms with Crippen LogP contribution in [0.25, 0.3) is 0 Å².